The Bertz CT molecular complexity index is 1270. The summed E-state index contributed by atoms with van der Waals surface area (Å²) < 4.78 is 0. The summed E-state index contributed by atoms with van der Waals surface area (Å²) in [6.07, 6.45) is 2.26. The van der Waals surface area contributed by atoms with Crippen molar-refractivity contribution < 1.29 is 4.79 Å². The van der Waals surface area contributed by atoms with Crippen molar-refractivity contribution in [2.24, 2.45) is 16.6 Å². The van der Waals surface area contributed by atoms with Crippen molar-refractivity contribution in [1.82, 2.24) is 9.88 Å². The fourth-order valence-electron chi connectivity index (χ4n) is 4.84. The van der Waals surface area contributed by atoms with Crippen LogP contribution in [0, 0.1) is 28.6 Å². The molecular weight excluding hydrogens is 434 g/mol. The van der Waals surface area contributed by atoms with Crippen LogP contribution in [-0.4, -0.2) is 52.7 Å². The van der Waals surface area contributed by atoms with Crippen molar-refractivity contribution in [1.29, 1.82) is 10.5 Å². The minimum atomic E-state index is -0.695. The molecule has 1 saturated heterocycles. The minimum absolute atomic E-state index is 0.0165. The summed E-state index contributed by atoms with van der Waals surface area (Å²) in [5, 5.41) is 20.5. The van der Waals surface area contributed by atoms with Gasteiger partial charge in [0, 0.05) is 31.6 Å². The molecular formula is C24H21N7OS. The molecule has 0 spiro atoms. The van der Waals surface area contributed by atoms with Crippen LogP contribution in [0.3, 0.4) is 0 Å². The number of pyridine rings is 1. The Hall–Kier alpha value is -3.82. The van der Waals surface area contributed by atoms with Gasteiger partial charge in [-0.25, -0.2) is 9.98 Å². The van der Waals surface area contributed by atoms with Gasteiger partial charge in [-0.15, -0.1) is 11.8 Å². The zero-order chi connectivity index (χ0) is 23.2. The Balaban J connectivity index is 1.48. The molecule has 164 valence electrons. The van der Waals surface area contributed by atoms with Crippen molar-refractivity contribution in [2.75, 3.05) is 25.0 Å². The fraction of sp³-hybridized carbons (Fsp3) is 0.292. The third-order valence-electron chi connectivity index (χ3n) is 6.65. The third-order valence-corrected chi connectivity index (χ3v) is 7.97. The first-order chi connectivity index (χ1) is 15.9. The highest BCUT2D eigenvalue weighted by Gasteiger charge is 2.59. The SMILES string of the molecule is CN1C(=O)C2CN(c3ccc(C#N)cn3)C[C@]2(C2CC(c3cccc(C#N)c3)=CS2)N=C1N. The topological polar surface area (TPSA) is 122 Å². The minimum Gasteiger partial charge on any atom is -0.369 e. The van der Waals surface area contributed by atoms with Gasteiger partial charge in [-0.05, 0) is 47.2 Å². The van der Waals surface area contributed by atoms with Crippen molar-refractivity contribution >= 4 is 35.0 Å². The number of thioether (sulfide) groups is 1. The maximum atomic E-state index is 13.3. The highest BCUT2D eigenvalue weighted by atomic mass is 32.2. The van der Waals surface area contributed by atoms with Crippen molar-refractivity contribution in [3.63, 3.8) is 0 Å². The highest BCUT2D eigenvalue weighted by molar-refractivity contribution is 8.03. The number of hydrogen-bond acceptors (Lipinski definition) is 8. The smallest absolute Gasteiger partial charge is 0.236 e. The van der Waals surface area contributed by atoms with Crippen molar-refractivity contribution in [3.05, 3.63) is 64.7 Å². The van der Waals surface area contributed by atoms with E-state index in [4.69, 9.17) is 16.0 Å². The van der Waals surface area contributed by atoms with Crippen LogP contribution in [0.25, 0.3) is 5.57 Å². The Morgan fingerprint density at radius 1 is 1.21 bits per heavy atom. The van der Waals surface area contributed by atoms with E-state index in [9.17, 15) is 10.1 Å². The number of nitrogens with two attached hydrogens (primary N) is 1. The predicted molar refractivity (Wildman–Crippen MR) is 127 cm³/mol. The molecule has 0 aliphatic carbocycles. The van der Waals surface area contributed by atoms with Gasteiger partial charge in [-0.3, -0.25) is 9.69 Å². The molecule has 3 aliphatic rings. The van der Waals surface area contributed by atoms with Gasteiger partial charge in [0.2, 0.25) is 5.91 Å². The number of guanidine groups is 1. The quantitative estimate of drug-likeness (QED) is 0.753. The number of benzene rings is 1. The van der Waals surface area contributed by atoms with Crippen LogP contribution in [-0.2, 0) is 4.79 Å². The zero-order valence-corrected chi connectivity index (χ0v) is 18.8. The molecule has 1 aromatic carbocycles. The molecule has 2 N–H and O–H groups in total. The first-order valence-electron chi connectivity index (χ1n) is 10.5. The van der Waals surface area contributed by atoms with Gasteiger partial charge in [-0.1, -0.05) is 12.1 Å². The average Bonchev–Trinajstić information content (AvgIpc) is 3.49. The summed E-state index contributed by atoms with van der Waals surface area (Å²) in [6, 6.07) is 15.4. The van der Waals surface area contributed by atoms with Crippen molar-refractivity contribution in [3.8, 4) is 12.1 Å². The number of carbonyl (C=O) groups excluding carboxylic acids is 1. The molecule has 4 heterocycles. The summed E-state index contributed by atoms with van der Waals surface area (Å²) in [5.74, 6) is 0.540. The van der Waals surface area contributed by atoms with E-state index in [-0.39, 0.29) is 23.0 Å². The molecule has 3 aliphatic heterocycles. The third kappa shape index (κ3) is 3.42. The number of aromatic nitrogens is 1. The Kier molecular flexibility index (Phi) is 5.07. The van der Waals surface area contributed by atoms with E-state index >= 15 is 0 Å². The first kappa shape index (κ1) is 21.0. The lowest BCUT2D eigenvalue weighted by Crippen LogP contribution is -2.59. The predicted octanol–water partition coefficient (Wildman–Crippen LogP) is 2.33. The zero-order valence-electron chi connectivity index (χ0n) is 18.0. The maximum absolute atomic E-state index is 13.3. The number of aliphatic imine (C=N–C) groups is 1. The van der Waals surface area contributed by atoms with Gasteiger partial charge in [0.05, 0.1) is 23.1 Å². The second-order valence-corrected chi connectivity index (χ2v) is 9.55. The van der Waals surface area contributed by atoms with Gasteiger partial charge in [0.25, 0.3) is 0 Å². The van der Waals surface area contributed by atoms with E-state index in [1.807, 2.05) is 24.3 Å². The molecule has 9 heteroatoms. The first-order valence-corrected chi connectivity index (χ1v) is 11.5. The lowest BCUT2D eigenvalue weighted by Gasteiger charge is -2.40. The molecule has 0 bridgehead atoms. The van der Waals surface area contributed by atoms with E-state index in [0.29, 0.717) is 30.0 Å². The van der Waals surface area contributed by atoms with Crippen LogP contribution in [0.1, 0.15) is 23.1 Å². The standard InChI is InChI=1S/C24H21N7OS/c1-30-22(32)19-12-31(21-6-5-16(10-26)11-28-21)14-24(19,29-23(30)27)20-8-18(13-33-20)17-4-2-3-15(7-17)9-25/h2-7,11,13,19-20H,8,12,14H2,1H3,(H2,27,29)/t19?,20?,24-/m0/s1. The molecule has 0 radical (unpaired) electrons. The summed E-state index contributed by atoms with van der Waals surface area (Å²) in [4.78, 5) is 26.2. The molecule has 2 unspecified atom stereocenters. The molecule has 0 saturated carbocycles. The number of allylic oxidation sites excluding steroid dienone is 1. The van der Waals surface area contributed by atoms with Crippen LogP contribution in [0.2, 0.25) is 0 Å². The van der Waals surface area contributed by atoms with E-state index in [1.54, 1.807) is 37.1 Å². The number of fused-ring (bicyclic) bond motifs is 1. The molecule has 1 amide bonds. The number of carbonyl (C=O) groups is 1. The van der Waals surface area contributed by atoms with Gasteiger partial charge in [0.1, 0.15) is 17.4 Å². The summed E-state index contributed by atoms with van der Waals surface area (Å²) in [6.45, 7) is 0.989. The van der Waals surface area contributed by atoms with Gasteiger partial charge < -0.3 is 10.6 Å². The number of hydrogen-bond donors (Lipinski definition) is 1. The van der Waals surface area contributed by atoms with Gasteiger partial charge in [-0.2, -0.15) is 10.5 Å². The Morgan fingerprint density at radius 2 is 2.03 bits per heavy atom. The molecule has 1 fully saturated rings. The van der Waals surface area contributed by atoms with E-state index in [2.05, 4.69) is 27.4 Å². The summed E-state index contributed by atoms with van der Waals surface area (Å²) in [7, 11) is 1.66. The van der Waals surface area contributed by atoms with Crippen LogP contribution < -0.4 is 10.6 Å². The second-order valence-electron chi connectivity index (χ2n) is 8.47. The fourth-order valence-corrected chi connectivity index (χ4v) is 6.20. The lowest BCUT2D eigenvalue weighted by molar-refractivity contribution is -0.132. The Morgan fingerprint density at radius 3 is 2.76 bits per heavy atom. The normalized spacial score (nSPS) is 26.3. The molecule has 2 aromatic rings. The van der Waals surface area contributed by atoms with Crippen LogP contribution >= 0.6 is 11.8 Å². The molecule has 1 aromatic heterocycles. The molecule has 33 heavy (non-hydrogen) atoms. The van der Waals surface area contributed by atoms with Crippen molar-refractivity contribution in [2.45, 2.75) is 17.2 Å². The van der Waals surface area contributed by atoms with Crippen LogP contribution in [0.15, 0.2) is 53.0 Å². The van der Waals surface area contributed by atoms with Gasteiger partial charge in [0.15, 0.2) is 5.96 Å². The number of nitrogens with zero attached hydrogens (tertiary/aromatic N) is 6. The monoisotopic (exact) mass is 455 g/mol. The number of anilines is 1. The molecule has 5 rings (SSSR count). The van der Waals surface area contributed by atoms with Crippen LogP contribution in [0.5, 0.6) is 0 Å². The number of amides is 1. The molecule has 3 atom stereocenters. The number of nitriles is 2. The second kappa shape index (κ2) is 7.95. The van der Waals surface area contributed by atoms with Gasteiger partial charge >= 0.3 is 0 Å². The maximum Gasteiger partial charge on any atom is 0.236 e. The lowest BCUT2D eigenvalue weighted by atomic mass is 9.79. The van der Waals surface area contributed by atoms with E-state index in [0.717, 1.165) is 17.6 Å². The highest BCUT2D eigenvalue weighted by Crippen LogP contribution is 2.50. The summed E-state index contributed by atoms with van der Waals surface area (Å²) >= 11 is 1.67. The van der Waals surface area contributed by atoms with E-state index in [1.165, 1.54) is 4.90 Å². The Labute approximate surface area is 196 Å². The number of rotatable bonds is 3. The van der Waals surface area contributed by atoms with E-state index < -0.39 is 5.54 Å². The van der Waals surface area contributed by atoms with Crippen LogP contribution in [0.4, 0.5) is 5.82 Å². The average molecular weight is 456 g/mol. The molecule has 8 nitrogen and oxygen atoms in total. The largest absolute Gasteiger partial charge is 0.369 e. The summed E-state index contributed by atoms with van der Waals surface area (Å²) in [5.41, 5.74) is 8.76.